The number of fused-ring (bicyclic) bond motifs is 1. The van der Waals surface area contributed by atoms with Gasteiger partial charge in [0.25, 0.3) is 0 Å². The van der Waals surface area contributed by atoms with Gasteiger partial charge in [0, 0.05) is 44.6 Å². The SMILES string of the molecule is Cl.O=C(CCC(=O)N1C[C@H]2CNC[C@H]2C1)c1ccc(F)c(F)c1. The topological polar surface area (TPSA) is 49.4 Å². The summed E-state index contributed by atoms with van der Waals surface area (Å²) in [6.07, 6.45) is 0.138. The van der Waals surface area contributed by atoms with E-state index in [-0.39, 0.29) is 42.5 Å². The summed E-state index contributed by atoms with van der Waals surface area (Å²) >= 11 is 0. The van der Waals surface area contributed by atoms with Gasteiger partial charge in [-0.15, -0.1) is 12.4 Å². The van der Waals surface area contributed by atoms with E-state index in [0.29, 0.717) is 11.8 Å². The van der Waals surface area contributed by atoms with Crippen LogP contribution in [0, 0.1) is 23.5 Å². The van der Waals surface area contributed by atoms with Gasteiger partial charge in [-0.1, -0.05) is 0 Å². The van der Waals surface area contributed by atoms with E-state index in [2.05, 4.69) is 5.32 Å². The Morgan fingerprint density at radius 3 is 2.35 bits per heavy atom. The van der Waals surface area contributed by atoms with Crippen molar-refractivity contribution in [3.63, 3.8) is 0 Å². The number of nitrogens with one attached hydrogen (secondary N) is 1. The minimum Gasteiger partial charge on any atom is -0.342 e. The van der Waals surface area contributed by atoms with Crippen molar-refractivity contribution in [1.82, 2.24) is 10.2 Å². The van der Waals surface area contributed by atoms with Crippen LogP contribution in [-0.2, 0) is 4.79 Å². The molecule has 2 saturated heterocycles. The number of amides is 1. The van der Waals surface area contributed by atoms with Gasteiger partial charge in [0.15, 0.2) is 17.4 Å². The summed E-state index contributed by atoms with van der Waals surface area (Å²) < 4.78 is 25.9. The molecule has 0 aromatic heterocycles. The van der Waals surface area contributed by atoms with E-state index in [9.17, 15) is 18.4 Å². The number of hydrogen-bond acceptors (Lipinski definition) is 3. The standard InChI is InChI=1S/C16H18F2N2O2.ClH/c17-13-2-1-10(5-14(13)18)15(21)3-4-16(22)20-8-11-6-19-7-12(11)9-20;/h1-2,5,11-12,19H,3-4,6-9H2;1H/t11-,12+;. The molecule has 4 nitrogen and oxygen atoms in total. The first-order valence-electron chi connectivity index (χ1n) is 7.51. The van der Waals surface area contributed by atoms with Crippen molar-refractivity contribution in [1.29, 1.82) is 0 Å². The van der Waals surface area contributed by atoms with Gasteiger partial charge in [-0.05, 0) is 30.0 Å². The molecule has 2 aliphatic rings. The average Bonchev–Trinajstić information content (AvgIpc) is 3.08. The Morgan fingerprint density at radius 1 is 1.09 bits per heavy atom. The van der Waals surface area contributed by atoms with E-state index in [4.69, 9.17) is 0 Å². The van der Waals surface area contributed by atoms with Crippen molar-refractivity contribution in [2.75, 3.05) is 26.2 Å². The molecule has 1 aromatic carbocycles. The lowest BCUT2D eigenvalue weighted by molar-refractivity contribution is -0.130. The highest BCUT2D eigenvalue weighted by molar-refractivity contribution is 5.98. The van der Waals surface area contributed by atoms with Gasteiger partial charge in [-0.2, -0.15) is 0 Å². The second-order valence-corrected chi connectivity index (χ2v) is 6.03. The second-order valence-electron chi connectivity index (χ2n) is 6.03. The van der Waals surface area contributed by atoms with E-state index in [1.807, 2.05) is 4.90 Å². The van der Waals surface area contributed by atoms with Crippen molar-refractivity contribution in [3.05, 3.63) is 35.4 Å². The summed E-state index contributed by atoms with van der Waals surface area (Å²) in [5.74, 6) is -1.36. The third kappa shape index (κ3) is 3.87. The molecule has 23 heavy (non-hydrogen) atoms. The van der Waals surface area contributed by atoms with Gasteiger partial charge in [-0.3, -0.25) is 9.59 Å². The Kier molecular flexibility index (Phi) is 5.70. The largest absolute Gasteiger partial charge is 0.342 e. The first kappa shape index (κ1) is 17.8. The number of benzene rings is 1. The van der Waals surface area contributed by atoms with E-state index in [1.165, 1.54) is 6.07 Å². The number of Topliss-reactive ketones (excluding diaryl/α,β-unsaturated/α-hetero) is 1. The van der Waals surface area contributed by atoms with E-state index in [1.54, 1.807) is 0 Å². The van der Waals surface area contributed by atoms with Gasteiger partial charge in [-0.25, -0.2) is 8.78 Å². The first-order valence-corrected chi connectivity index (χ1v) is 7.51. The molecule has 0 saturated carbocycles. The van der Waals surface area contributed by atoms with Crippen LogP contribution in [0.3, 0.4) is 0 Å². The lowest BCUT2D eigenvalue weighted by Crippen LogP contribution is -2.32. The molecule has 0 unspecified atom stereocenters. The highest BCUT2D eigenvalue weighted by Crippen LogP contribution is 2.26. The van der Waals surface area contributed by atoms with Crippen molar-refractivity contribution in [2.24, 2.45) is 11.8 Å². The molecule has 3 rings (SSSR count). The fraction of sp³-hybridized carbons (Fsp3) is 0.500. The molecule has 1 N–H and O–H groups in total. The highest BCUT2D eigenvalue weighted by atomic mass is 35.5. The molecule has 0 radical (unpaired) electrons. The van der Waals surface area contributed by atoms with Crippen LogP contribution in [-0.4, -0.2) is 42.8 Å². The molecular weight excluding hydrogens is 326 g/mol. The minimum absolute atomic E-state index is 0. The molecule has 2 heterocycles. The number of nitrogens with zero attached hydrogens (tertiary/aromatic N) is 1. The Morgan fingerprint density at radius 2 is 1.74 bits per heavy atom. The number of carbonyl (C=O) groups is 2. The van der Waals surface area contributed by atoms with Gasteiger partial charge < -0.3 is 10.2 Å². The zero-order valence-corrected chi connectivity index (χ0v) is 13.4. The monoisotopic (exact) mass is 344 g/mol. The van der Waals surface area contributed by atoms with Gasteiger partial charge in [0.1, 0.15) is 0 Å². The lowest BCUT2D eigenvalue weighted by Gasteiger charge is -2.17. The summed E-state index contributed by atoms with van der Waals surface area (Å²) in [5, 5.41) is 3.31. The number of hydrogen-bond donors (Lipinski definition) is 1. The van der Waals surface area contributed by atoms with Crippen LogP contribution in [0.15, 0.2) is 18.2 Å². The predicted molar refractivity (Wildman–Crippen MR) is 83.6 cm³/mol. The van der Waals surface area contributed by atoms with Crippen molar-refractivity contribution < 1.29 is 18.4 Å². The maximum atomic E-state index is 13.1. The fourth-order valence-electron chi connectivity index (χ4n) is 3.25. The van der Waals surface area contributed by atoms with Crippen LogP contribution in [0.5, 0.6) is 0 Å². The maximum Gasteiger partial charge on any atom is 0.223 e. The second kappa shape index (κ2) is 7.36. The van der Waals surface area contributed by atoms with Crippen molar-refractivity contribution in [2.45, 2.75) is 12.8 Å². The molecular formula is C16H19ClF2N2O2. The van der Waals surface area contributed by atoms with Crippen LogP contribution >= 0.6 is 12.4 Å². The molecule has 0 spiro atoms. The highest BCUT2D eigenvalue weighted by Gasteiger charge is 2.37. The predicted octanol–water partition coefficient (Wildman–Crippen LogP) is 2.03. The maximum absolute atomic E-state index is 13.1. The zero-order chi connectivity index (χ0) is 15.7. The average molecular weight is 345 g/mol. The number of ketones is 1. The minimum atomic E-state index is -1.04. The summed E-state index contributed by atoms with van der Waals surface area (Å²) in [6, 6.07) is 3.06. The van der Waals surface area contributed by atoms with Crippen molar-refractivity contribution >= 4 is 24.1 Å². The number of rotatable bonds is 4. The van der Waals surface area contributed by atoms with E-state index >= 15 is 0 Å². The summed E-state index contributed by atoms with van der Waals surface area (Å²) in [4.78, 5) is 25.9. The molecule has 7 heteroatoms. The molecule has 0 bridgehead atoms. The van der Waals surface area contributed by atoms with Gasteiger partial charge >= 0.3 is 0 Å². The smallest absolute Gasteiger partial charge is 0.223 e. The summed E-state index contributed by atoms with van der Waals surface area (Å²) in [6.45, 7) is 3.39. The van der Waals surface area contributed by atoms with E-state index in [0.717, 1.165) is 38.3 Å². The van der Waals surface area contributed by atoms with Crippen LogP contribution in [0.2, 0.25) is 0 Å². The Labute approximate surface area is 139 Å². The van der Waals surface area contributed by atoms with Crippen LogP contribution in [0.1, 0.15) is 23.2 Å². The normalized spacial score (nSPS) is 22.6. The van der Waals surface area contributed by atoms with Crippen LogP contribution in [0.4, 0.5) is 8.78 Å². The first-order chi connectivity index (χ1) is 10.5. The Hall–Kier alpha value is -1.53. The molecule has 126 valence electrons. The van der Waals surface area contributed by atoms with Crippen LogP contribution < -0.4 is 5.32 Å². The third-order valence-corrected chi connectivity index (χ3v) is 4.55. The fourth-order valence-corrected chi connectivity index (χ4v) is 3.25. The zero-order valence-electron chi connectivity index (χ0n) is 12.6. The number of carbonyl (C=O) groups excluding carboxylic acids is 2. The number of halogens is 3. The van der Waals surface area contributed by atoms with Crippen LogP contribution in [0.25, 0.3) is 0 Å². The molecule has 2 atom stereocenters. The molecule has 1 aromatic rings. The van der Waals surface area contributed by atoms with Gasteiger partial charge in [0.05, 0.1) is 0 Å². The Balaban J connectivity index is 0.00000192. The van der Waals surface area contributed by atoms with E-state index < -0.39 is 11.6 Å². The molecule has 2 fully saturated rings. The molecule has 0 aliphatic carbocycles. The van der Waals surface area contributed by atoms with Gasteiger partial charge in [0.2, 0.25) is 5.91 Å². The summed E-state index contributed by atoms with van der Waals surface area (Å²) in [5.41, 5.74) is 0.106. The lowest BCUT2D eigenvalue weighted by atomic mass is 10.0. The number of likely N-dealkylation sites (tertiary alicyclic amines) is 1. The Bertz CT molecular complexity index is 600. The quantitative estimate of drug-likeness (QED) is 0.850. The third-order valence-electron chi connectivity index (χ3n) is 4.55. The molecule has 1 amide bonds. The summed E-state index contributed by atoms with van der Waals surface area (Å²) in [7, 11) is 0. The molecule has 2 aliphatic heterocycles. The van der Waals surface area contributed by atoms with Crippen molar-refractivity contribution in [3.8, 4) is 0 Å².